The Morgan fingerprint density at radius 2 is 2.55 bits per heavy atom. The molecule has 0 bridgehead atoms. The highest BCUT2D eigenvalue weighted by atomic mass is 16.5. The quantitative estimate of drug-likeness (QED) is 0.525. The molecule has 1 rings (SSSR count). The van der Waals surface area contributed by atoms with E-state index in [4.69, 9.17) is 5.26 Å². The average molecular weight is 154 g/mol. The molecule has 1 N–H and O–H groups in total. The van der Waals surface area contributed by atoms with Crippen LogP contribution in [0.4, 0.5) is 0 Å². The van der Waals surface area contributed by atoms with Crippen LogP contribution in [0.25, 0.3) is 0 Å². The van der Waals surface area contributed by atoms with Gasteiger partial charge in [-0.25, -0.2) is 0 Å². The minimum absolute atomic E-state index is 0.413. The van der Waals surface area contributed by atoms with Gasteiger partial charge in [-0.1, -0.05) is 0 Å². The third-order valence-electron chi connectivity index (χ3n) is 1.95. The molecule has 1 unspecified atom stereocenters. The maximum Gasteiger partial charge on any atom is 0.327 e. The molecule has 0 aromatic rings. The Kier molecular flexibility index (Phi) is 2.11. The monoisotopic (exact) mass is 154 g/mol. The molecule has 0 aromatic heterocycles. The van der Waals surface area contributed by atoms with Crippen molar-refractivity contribution in [1.29, 1.82) is 5.26 Å². The van der Waals surface area contributed by atoms with Gasteiger partial charge in [0.1, 0.15) is 0 Å². The van der Waals surface area contributed by atoms with Crippen molar-refractivity contribution in [3.63, 3.8) is 0 Å². The van der Waals surface area contributed by atoms with Crippen LogP contribution in [0.15, 0.2) is 0 Å². The van der Waals surface area contributed by atoms with Crippen LogP contribution in [0.1, 0.15) is 6.42 Å². The van der Waals surface area contributed by atoms with Crippen LogP contribution < -0.4 is 5.32 Å². The molecule has 1 aliphatic heterocycles. The van der Waals surface area contributed by atoms with Crippen molar-refractivity contribution in [1.82, 2.24) is 5.32 Å². The summed E-state index contributed by atoms with van der Waals surface area (Å²) in [4.78, 5) is 11.1. The van der Waals surface area contributed by atoms with Crippen molar-refractivity contribution in [3.05, 3.63) is 0 Å². The van der Waals surface area contributed by atoms with E-state index in [1.807, 2.05) is 6.07 Å². The van der Waals surface area contributed by atoms with Crippen LogP contribution in [0.3, 0.4) is 0 Å². The van der Waals surface area contributed by atoms with Crippen LogP contribution in [0.2, 0.25) is 0 Å². The van der Waals surface area contributed by atoms with Gasteiger partial charge in [-0.05, 0) is 13.0 Å². The van der Waals surface area contributed by atoms with Gasteiger partial charge in [0.25, 0.3) is 0 Å². The zero-order valence-corrected chi connectivity index (χ0v) is 6.39. The molecule has 1 heterocycles. The molecule has 0 spiro atoms. The molecule has 0 aliphatic carbocycles. The number of nitriles is 1. The van der Waals surface area contributed by atoms with Gasteiger partial charge in [0.05, 0.1) is 13.2 Å². The van der Waals surface area contributed by atoms with Gasteiger partial charge in [0, 0.05) is 6.54 Å². The van der Waals surface area contributed by atoms with E-state index in [2.05, 4.69) is 10.1 Å². The van der Waals surface area contributed by atoms with Gasteiger partial charge < -0.3 is 10.1 Å². The number of ether oxygens (including phenoxy) is 1. The molecule has 1 saturated heterocycles. The van der Waals surface area contributed by atoms with Crippen molar-refractivity contribution in [3.8, 4) is 6.07 Å². The molecule has 60 valence electrons. The lowest BCUT2D eigenvalue weighted by Crippen LogP contribution is -2.32. The lowest BCUT2D eigenvalue weighted by Gasteiger charge is -2.14. The van der Waals surface area contributed by atoms with Gasteiger partial charge >= 0.3 is 5.97 Å². The minimum Gasteiger partial charge on any atom is -0.468 e. The largest absolute Gasteiger partial charge is 0.468 e. The predicted molar refractivity (Wildman–Crippen MR) is 37.5 cm³/mol. The minimum atomic E-state index is -0.922. The maximum atomic E-state index is 11.1. The van der Waals surface area contributed by atoms with E-state index in [-0.39, 0.29) is 0 Å². The molecule has 4 heteroatoms. The van der Waals surface area contributed by atoms with E-state index in [9.17, 15) is 4.79 Å². The lowest BCUT2D eigenvalue weighted by atomic mass is 9.89. The third-order valence-corrected chi connectivity index (χ3v) is 1.95. The molecule has 1 aliphatic rings. The summed E-state index contributed by atoms with van der Waals surface area (Å²) in [5, 5.41) is 11.7. The van der Waals surface area contributed by atoms with Crippen molar-refractivity contribution in [2.45, 2.75) is 6.42 Å². The fraction of sp³-hybridized carbons (Fsp3) is 0.714. The fourth-order valence-electron chi connectivity index (χ4n) is 1.20. The Bertz CT molecular complexity index is 201. The Balaban J connectivity index is 2.76. The highest BCUT2D eigenvalue weighted by Crippen LogP contribution is 2.25. The van der Waals surface area contributed by atoms with Crippen molar-refractivity contribution in [2.75, 3.05) is 20.2 Å². The normalized spacial score (nSPS) is 29.5. The highest BCUT2D eigenvalue weighted by Gasteiger charge is 2.42. The number of rotatable bonds is 1. The van der Waals surface area contributed by atoms with E-state index < -0.39 is 11.4 Å². The third kappa shape index (κ3) is 1.19. The second-order valence-corrected chi connectivity index (χ2v) is 2.61. The van der Waals surface area contributed by atoms with Crippen molar-refractivity contribution in [2.24, 2.45) is 5.41 Å². The molecule has 0 aromatic carbocycles. The summed E-state index contributed by atoms with van der Waals surface area (Å²) in [5.41, 5.74) is -0.922. The Labute approximate surface area is 65.1 Å². The zero-order chi connectivity index (χ0) is 8.32. The number of methoxy groups -OCH3 is 1. The summed E-state index contributed by atoms with van der Waals surface area (Å²) < 4.78 is 4.53. The Morgan fingerprint density at radius 1 is 1.82 bits per heavy atom. The van der Waals surface area contributed by atoms with Gasteiger partial charge in [0.2, 0.25) is 0 Å². The van der Waals surface area contributed by atoms with Crippen molar-refractivity contribution < 1.29 is 9.53 Å². The SMILES string of the molecule is COC(=O)C1(C#N)CCNC1. The first kappa shape index (κ1) is 8.02. The van der Waals surface area contributed by atoms with Crippen molar-refractivity contribution >= 4 is 5.97 Å². The standard InChI is InChI=1S/C7H10N2O2/c1-11-6(10)7(4-8)2-3-9-5-7/h9H,2-3,5H2,1H3. The smallest absolute Gasteiger partial charge is 0.327 e. The van der Waals surface area contributed by atoms with Crippen LogP contribution in [-0.4, -0.2) is 26.2 Å². The summed E-state index contributed by atoms with van der Waals surface area (Å²) >= 11 is 0. The van der Waals surface area contributed by atoms with Gasteiger partial charge in [0.15, 0.2) is 5.41 Å². The van der Waals surface area contributed by atoms with E-state index >= 15 is 0 Å². The topological polar surface area (TPSA) is 62.1 Å². The van der Waals surface area contributed by atoms with Crippen LogP contribution >= 0.6 is 0 Å². The summed E-state index contributed by atoms with van der Waals surface area (Å²) in [5.74, 6) is -0.426. The zero-order valence-electron chi connectivity index (χ0n) is 6.39. The number of hydrogen-bond donors (Lipinski definition) is 1. The number of nitrogens with zero attached hydrogens (tertiary/aromatic N) is 1. The van der Waals surface area contributed by atoms with Gasteiger partial charge in [-0.15, -0.1) is 0 Å². The van der Waals surface area contributed by atoms with Crippen LogP contribution in [0, 0.1) is 16.7 Å². The molecule has 0 saturated carbocycles. The maximum absolute atomic E-state index is 11.1. The summed E-state index contributed by atoms with van der Waals surface area (Å²) in [7, 11) is 1.31. The molecule has 4 nitrogen and oxygen atoms in total. The number of esters is 1. The van der Waals surface area contributed by atoms with Gasteiger partial charge in [-0.3, -0.25) is 4.79 Å². The van der Waals surface area contributed by atoms with E-state index in [1.165, 1.54) is 7.11 Å². The molecule has 0 amide bonds. The van der Waals surface area contributed by atoms with Crippen LogP contribution in [-0.2, 0) is 9.53 Å². The Morgan fingerprint density at radius 3 is 2.91 bits per heavy atom. The summed E-state index contributed by atoms with van der Waals surface area (Å²) in [6, 6.07) is 1.99. The van der Waals surface area contributed by atoms with E-state index in [1.54, 1.807) is 0 Å². The highest BCUT2D eigenvalue weighted by molar-refractivity contribution is 5.80. The fourth-order valence-corrected chi connectivity index (χ4v) is 1.20. The Hall–Kier alpha value is -1.08. The summed E-state index contributed by atoms with van der Waals surface area (Å²) in [6.07, 6.45) is 0.552. The average Bonchev–Trinajstić information content (AvgIpc) is 2.52. The molecular formula is C7H10N2O2. The number of carbonyl (C=O) groups is 1. The molecule has 11 heavy (non-hydrogen) atoms. The molecule has 1 fully saturated rings. The van der Waals surface area contributed by atoms with Crippen LogP contribution in [0.5, 0.6) is 0 Å². The number of hydrogen-bond acceptors (Lipinski definition) is 4. The van der Waals surface area contributed by atoms with Gasteiger partial charge in [-0.2, -0.15) is 5.26 Å². The van der Waals surface area contributed by atoms with E-state index in [0.717, 1.165) is 0 Å². The first-order chi connectivity index (χ1) is 5.25. The first-order valence-corrected chi connectivity index (χ1v) is 3.45. The molecule has 0 radical (unpaired) electrons. The summed E-state index contributed by atoms with van der Waals surface area (Å²) in [6.45, 7) is 1.12. The number of carbonyl (C=O) groups excluding carboxylic acids is 1. The lowest BCUT2D eigenvalue weighted by molar-refractivity contribution is -0.148. The number of nitrogens with one attached hydrogen (secondary N) is 1. The van der Waals surface area contributed by atoms with E-state index in [0.29, 0.717) is 19.5 Å². The molecule has 1 atom stereocenters. The first-order valence-electron chi connectivity index (χ1n) is 3.45. The second-order valence-electron chi connectivity index (χ2n) is 2.61. The second kappa shape index (κ2) is 2.89. The predicted octanol–water partition coefficient (Wildman–Crippen LogP) is -0.337. The molecular weight excluding hydrogens is 144 g/mol.